The summed E-state index contributed by atoms with van der Waals surface area (Å²) in [7, 11) is 3.85. The quantitative estimate of drug-likeness (QED) is 0.342. The Hall–Kier alpha value is 2.08. The average molecular weight is 502 g/mol. The summed E-state index contributed by atoms with van der Waals surface area (Å²) >= 11 is 1.23. The van der Waals surface area contributed by atoms with E-state index in [1.54, 1.807) is 0 Å². The van der Waals surface area contributed by atoms with E-state index >= 15 is 0 Å². The fourth-order valence-corrected chi connectivity index (χ4v) is 22.3. The summed E-state index contributed by atoms with van der Waals surface area (Å²) in [5.41, 5.74) is 0. The van der Waals surface area contributed by atoms with Crippen molar-refractivity contribution in [1.29, 1.82) is 0 Å². The van der Waals surface area contributed by atoms with E-state index in [2.05, 4.69) is 22.6 Å². The van der Waals surface area contributed by atoms with Gasteiger partial charge in [-0.2, -0.15) is 0 Å². The van der Waals surface area contributed by atoms with Crippen molar-refractivity contribution in [3.8, 4) is 0 Å². The summed E-state index contributed by atoms with van der Waals surface area (Å²) < 4.78 is 1.31. The first-order chi connectivity index (χ1) is 8.12. The van der Waals surface area contributed by atoms with E-state index < -0.39 is 18.4 Å². The number of hydrogen-bond donors (Lipinski definition) is 2. The van der Waals surface area contributed by atoms with Gasteiger partial charge in [0.15, 0.2) is 0 Å². The van der Waals surface area contributed by atoms with E-state index in [0.717, 1.165) is 19.3 Å². The van der Waals surface area contributed by atoms with E-state index in [4.69, 9.17) is 0 Å². The van der Waals surface area contributed by atoms with Crippen LogP contribution < -0.4 is 0 Å². The molecule has 0 radical (unpaired) electrons. The minimum atomic E-state index is -1.22. The molecule has 17 heavy (non-hydrogen) atoms. The van der Waals surface area contributed by atoms with Crippen LogP contribution in [0.15, 0.2) is 0 Å². The van der Waals surface area contributed by atoms with Gasteiger partial charge in [0.2, 0.25) is 0 Å². The molecule has 0 amide bonds. The van der Waals surface area contributed by atoms with Crippen molar-refractivity contribution in [2.24, 2.45) is 0 Å². The van der Waals surface area contributed by atoms with Crippen LogP contribution in [0.3, 0.4) is 0 Å². The molecule has 2 nitrogen and oxygen atoms in total. The molecule has 2 rings (SSSR count). The zero-order valence-electron chi connectivity index (χ0n) is 9.78. The van der Waals surface area contributed by atoms with Gasteiger partial charge in [-0.3, -0.25) is 0 Å². The molecule has 1 heterocycles. The Morgan fingerprint density at radius 2 is 1.88 bits per heavy atom. The predicted molar refractivity (Wildman–Crippen MR) is 95.2 cm³/mol. The topological polar surface area (TPSA) is 40.5 Å². The van der Waals surface area contributed by atoms with Crippen LogP contribution in [0, 0.1) is 0 Å². The zero-order valence-corrected chi connectivity index (χ0v) is 15.7. The van der Waals surface area contributed by atoms with Gasteiger partial charge in [-0.1, -0.05) is 0 Å². The van der Waals surface area contributed by atoms with Crippen LogP contribution in [0.5, 0.6) is 0 Å². The van der Waals surface area contributed by atoms with E-state index in [1.165, 1.54) is 30.1 Å². The maximum absolute atomic E-state index is 10.1. The molecule has 6 heteroatoms. The number of halogens is 2. The molecular formula is C11H20I2O2S2. The van der Waals surface area contributed by atoms with Gasteiger partial charge in [0.25, 0.3) is 0 Å². The zero-order chi connectivity index (χ0) is 12.3. The Morgan fingerprint density at radius 1 is 1.12 bits per heavy atom. The molecule has 2 N–H and O–H groups in total. The van der Waals surface area contributed by atoms with Crippen LogP contribution in [-0.2, 0) is 0 Å². The number of rotatable bonds is 3. The second-order valence-corrected chi connectivity index (χ2v) is 19.6. The van der Waals surface area contributed by atoms with Gasteiger partial charge in [0.05, 0.1) is 0 Å². The molecule has 102 valence electrons. The van der Waals surface area contributed by atoms with E-state index in [0.29, 0.717) is 0 Å². The molecule has 1 saturated carbocycles. The summed E-state index contributed by atoms with van der Waals surface area (Å²) in [6.45, 7) is 0. The SMILES string of the molecule is O[C@@H]1CCCCI1SS[C@@]1(I)CCCC[C@@H]1O. The molecule has 1 aliphatic carbocycles. The Morgan fingerprint density at radius 3 is 2.59 bits per heavy atom. The number of alkyl halides is 3. The van der Waals surface area contributed by atoms with Crippen LogP contribution in [0.1, 0.15) is 44.9 Å². The van der Waals surface area contributed by atoms with Gasteiger partial charge in [0.1, 0.15) is 0 Å². The molecule has 2 aliphatic rings. The summed E-state index contributed by atoms with van der Waals surface area (Å²) in [5, 5.41) is 20.2. The maximum atomic E-state index is 10.1. The van der Waals surface area contributed by atoms with Gasteiger partial charge in [0, 0.05) is 0 Å². The van der Waals surface area contributed by atoms with Gasteiger partial charge in [-0.05, 0) is 0 Å². The minimum absolute atomic E-state index is 0.00925. The standard InChI is InChI=1S/C11H20I2O2S2/c12-11(7-3-1-5-9(11)14)16-17-13-8-4-2-6-10(13)15/h9-10,14-15H,1-8H2/t9-,10+,11-/m0/s1. The molecule has 1 saturated heterocycles. The Labute approximate surface area is 131 Å². The third-order valence-corrected chi connectivity index (χ3v) is 20.9. The molecule has 0 bridgehead atoms. The van der Waals surface area contributed by atoms with Crippen LogP contribution in [-0.4, -0.2) is 27.6 Å². The van der Waals surface area contributed by atoms with Gasteiger partial charge < -0.3 is 0 Å². The molecule has 2 fully saturated rings. The van der Waals surface area contributed by atoms with E-state index in [9.17, 15) is 10.2 Å². The molecule has 0 spiro atoms. The fraction of sp³-hybridized carbons (Fsp3) is 1.00. The van der Waals surface area contributed by atoms with Crippen LogP contribution in [0.2, 0.25) is 0 Å². The van der Waals surface area contributed by atoms with Crippen molar-refractivity contribution in [3.05, 3.63) is 0 Å². The van der Waals surface area contributed by atoms with E-state index in [-0.39, 0.29) is 13.0 Å². The monoisotopic (exact) mass is 502 g/mol. The van der Waals surface area contributed by atoms with Gasteiger partial charge in [-0.25, -0.2) is 0 Å². The summed E-state index contributed by atoms with van der Waals surface area (Å²) in [6, 6.07) is 0. The molecule has 0 aromatic rings. The third-order valence-electron chi connectivity index (χ3n) is 3.29. The number of aliphatic hydroxyl groups is 2. The Kier molecular flexibility index (Phi) is 6.54. The first-order valence-corrected chi connectivity index (χ1v) is 14.7. The normalized spacial score (nSPS) is 41.5. The van der Waals surface area contributed by atoms with Gasteiger partial charge >= 0.3 is 132 Å². The van der Waals surface area contributed by atoms with Crippen molar-refractivity contribution in [2.75, 3.05) is 4.43 Å². The summed E-state index contributed by atoms with van der Waals surface area (Å²) in [5.74, 6) is 0. The van der Waals surface area contributed by atoms with Crippen molar-refractivity contribution in [3.63, 3.8) is 0 Å². The second-order valence-electron chi connectivity index (χ2n) is 4.67. The molecule has 1 aliphatic heterocycles. The van der Waals surface area contributed by atoms with Crippen molar-refractivity contribution in [2.45, 2.75) is 57.9 Å². The predicted octanol–water partition coefficient (Wildman–Crippen LogP) is 4.36. The average Bonchev–Trinajstić information content (AvgIpc) is 2.32. The molecular weight excluding hydrogens is 482 g/mol. The first-order valence-electron chi connectivity index (χ1n) is 6.17. The first kappa shape index (κ1) is 15.5. The molecule has 0 aromatic carbocycles. The Bertz CT molecular complexity index is 258. The van der Waals surface area contributed by atoms with E-state index in [1.807, 2.05) is 18.8 Å². The van der Waals surface area contributed by atoms with Crippen LogP contribution in [0.4, 0.5) is 0 Å². The fourth-order valence-electron chi connectivity index (χ4n) is 2.14. The number of aliphatic hydroxyl groups excluding tert-OH is 2. The van der Waals surface area contributed by atoms with Gasteiger partial charge in [-0.15, -0.1) is 0 Å². The van der Waals surface area contributed by atoms with Crippen molar-refractivity contribution >= 4 is 59.8 Å². The second kappa shape index (κ2) is 7.19. The van der Waals surface area contributed by atoms with Crippen molar-refractivity contribution in [1.82, 2.24) is 0 Å². The Balaban J connectivity index is 1.83. The number of hydrogen-bond acceptors (Lipinski definition) is 4. The third kappa shape index (κ3) is 4.27. The molecule has 3 atom stereocenters. The summed E-state index contributed by atoms with van der Waals surface area (Å²) in [6.07, 6.45) is 7.86. The van der Waals surface area contributed by atoms with Crippen LogP contribution in [0.25, 0.3) is 0 Å². The van der Waals surface area contributed by atoms with Crippen LogP contribution >= 0.6 is 59.8 Å². The summed E-state index contributed by atoms with van der Waals surface area (Å²) in [4.78, 5) is 0. The van der Waals surface area contributed by atoms with Crippen molar-refractivity contribution < 1.29 is 10.2 Å². The molecule has 0 unspecified atom stereocenters. The molecule has 0 aromatic heterocycles.